The lowest BCUT2D eigenvalue weighted by Crippen LogP contribution is -2.36. The van der Waals surface area contributed by atoms with E-state index < -0.39 is 15.4 Å². The van der Waals surface area contributed by atoms with Gasteiger partial charge in [-0.05, 0) is 67.6 Å². The van der Waals surface area contributed by atoms with Gasteiger partial charge in [0, 0.05) is 12.2 Å². The molecule has 0 aromatic heterocycles. The zero-order chi connectivity index (χ0) is 21.1. The number of carbonyl (C=O) groups excluding carboxylic acids is 1. The molecular formula is C22H28N2O4S. The predicted molar refractivity (Wildman–Crippen MR) is 114 cm³/mol. The van der Waals surface area contributed by atoms with Crippen molar-refractivity contribution in [3.63, 3.8) is 0 Å². The van der Waals surface area contributed by atoms with Crippen molar-refractivity contribution in [2.24, 2.45) is 5.92 Å². The fraction of sp³-hybridized carbons (Fsp3) is 0.409. The van der Waals surface area contributed by atoms with Crippen LogP contribution in [-0.4, -0.2) is 27.5 Å². The Morgan fingerprint density at radius 1 is 1.07 bits per heavy atom. The summed E-state index contributed by atoms with van der Waals surface area (Å²) in [6.07, 6.45) is 1.63. The van der Waals surface area contributed by atoms with E-state index in [0.29, 0.717) is 30.5 Å². The molecule has 7 heteroatoms. The van der Waals surface area contributed by atoms with Crippen LogP contribution < -0.4 is 14.8 Å². The monoisotopic (exact) mass is 416 g/mol. The van der Waals surface area contributed by atoms with Gasteiger partial charge in [-0.3, -0.25) is 9.52 Å². The van der Waals surface area contributed by atoms with Crippen LogP contribution in [0.3, 0.4) is 0 Å². The molecule has 29 heavy (non-hydrogen) atoms. The van der Waals surface area contributed by atoms with Crippen molar-refractivity contribution in [2.75, 3.05) is 17.9 Å². The number of hydrogen-bond donors (Lipinski definition) is 2. The van der Waals surface area contributed by atoms with E-state index in [0.717, 1.165) is 18.4 Å². The highest BCUT2D eigenvalue weighted by Gasteiger charge is 2.51. The summed E-state index contributed by atoms with van der Waals surface area (Å²) in [5.74, 6) is 1.07. The fourth-order valence-electron chi connectivity index (χ4n) is 3.19. The summed E-state index contributed by atoms with van der Waals surface area (Å²) in [4.78, 5) is 12.7. The number of carbonyl (C=O) groups is 1. The molecule has 1 fully saturated rings. The molecule has 6 nitrogen and oxygen atoms in total. The molecule has 2 aromatic carbocycles. The highest BCUT2D eigenvalue weighted by atomic mass is 32.2. The van der Waals surface area contributed by atoms with Crippen LogP contribution in [0, 0.1) is 5.92 Å². The van der Waals surface area contributed by atoms with Crippen molar-refractivity contribution in [2.45, 2.75) is 43.9 Å². The molecule has 0 unspecified atom stereocenters. The van der Waals surface area contributed by atoms with Gasteiger partial charge in [-0.2, -0.15) is 0 Å². The topological polar surface area (TPSA) is 84.5 Å². The van der Waals surface area contributed by atoms with E-state index in [9.17, 15) is 13.2 Å². The van der Waals surface area contributed by atoms with Gasteiger partial charge >= 0.3 is 0 Å². The van der Waals surface area contributed by atoms with Gasteiger partial charge in [0.05, 0.1) is 16.9 Å². The number of sulfonamides is 1. The van der Waals surface area contributed by atoms with Gasteiger partial charge < -0.3 is 10.1 Å². The van der Waals surface area contributed by atoms with Crippen LogP contribution >= 0.6 is 0 Å². The minimum Gasteiger partial charge on any atom is -0.494 e. The van der Waals surface area contributed by atoms with E-state index in [1.807, 2.05) is 19.1 Å². The largest absolute Gasteiger partial charge is 0.494 e. The van der Waals surface area contributed by atoms with Gasteiger partial charge in [-0.1, -0.05) is 26.0 Å². The van der Waals surface area contributed by atoms with Crippen LogP contribution in [-0.2, 0) is 20.2 Å². The fourth-order valence-corrected chi connectivity index (χ4v) is 4.25. The third kappa shape index (κ3) is 4.90. The third-order valence-electron chi connectivity index (χ3n) is 4.99. The Balaban J connectivity index is 1.69. The van der Waals surface area contributed by atoms with Gasteiger partial charge in [-0.15, -0.1) is 0 Å². The van der Waals surface area contributed by atoms with Gasteiger partial charge in [0.1, 0.15) is 5.75 Å². The SMILES string of the molecule is CCOc1ccc(S(=O)(=O)Nc2ccc(C3(C(=O)NCC(C)C)CC3)cc2)cc1. The Bertz CT molecular complexity index is 947. The molecule has 0 bridgehead atoms. The summed E-state index contributed by atoms with van der Waals surface area (Å²) in [5.41, 5.74) is 0.908. The summed E-state index contributed by atoms with van der Waals surface area (Å²) in [6, 6.07) is 13.4. The molecule has 0 atom stereocenters. The summed E-state index contributed by atoms with van der Waals surface area (Å²) in [6.45, 7) is 7.17. The molecule has 0 spiro atoms. The van der Waals surface area contributed by atoms with Crippen LogP contribution in [0.5, 0.6) is 5.75 Å². The predicted octanol–water partition coefficient (Wildman–Crippen LogP) is 3.69. The highest BCUT2D eigenvalue weighted by Crippen LogP contribution is 2.48. The summed E-state index contributed by atoms with van der Waals surface area (Å²) in [7, 11) is -3.70. The Hall–Kier alpha value is -2.54. The molecule has 1 aliphatic rings. The maximum Gasteiger partial charge on any atom is 0.261 e. The van der Waals surface area contributed by atoms with E-state index in [1.54, 1.807) is 24.3 Å². The number of hydrogen-bond acceptors (Lipinski definition) is 4. The molecule has 1 aliphatic carbocycles. The molecule has 2 N–H and O–H groups in total. The van der Waals surface area contributed by atoms with E-state index in [4.69, 9.17) is 4.74 Å². The van der Waals surface area contributed by atoms with E-state index >= 15 is 0 Å². The van der Waals surface area contributed by atoms with Gasteiger partial charge in [-0.25, -0.2) is 8.42 Å². The molecule has 1 saturated carbocycles. The maximum absolute atomic E-state index is 12.6. The normalized spacial score (nSPS) is 15.0. The zero-order valence-electron chi connectivity index (χ0n) is 17.1. The van der Waals surface area contributed by atoms with Crippen LogP contribution in [0.25, 0.3) is 0 Å². The molecule has 0 saturated heterocycles. The average molecular weight is 417 g/mol. The van der Waals surface area contributed by atoms with Crippen LogP contribution in [0.1, 0.15) is 39.2 Å². The standard InChI is InChI=1S/C22H28N2O4S/c1-4-28-19-9-11-20(12-10-19)29(26,27)24-18-7-5-17(6-8-18)22(13-14-22)21(25)23-15-16(2)3/h5-12,16,24H,4,13-15H2,1-3H3,(H,23,25). The first-order chi connectivity index (χ1) is 13.8. The Morgan fingerprint density at radius 2 is 1.69 bits per heavy atom. The molecule has 2 aromatic rings. The number of rotatable bonds is 9. The van der Waals surface area contributed by atoms with Crippen molar-refractivity contribution in [1.29, 1.82) is 0 Å². The molecule has 0 heterocycles. The van der Waals surface area contributed by atoms with Crippen LogP contribution in [0.2, 0.25) is 0 Å². The third-order valence-corrected chi connectivity index (χ3v) is 6.39. The van der Waals surface area contributed by atoms with Gasteiger partial charge in [0.15, 0.2) is 0 Å². The lowest BCUT2D eigenvalue weighted by Gasteiger charge is -2.17. The lowest BCUT2D eigenvalue weighted by molar-refractivity contribution is -0.123. The van der Waals surface area contributed by atoms with Crippen molar-refractivity contribution in [3.05, 3.63) is 54.1 Å². The summed E-state index contributed by atoms with van der Waals surface area (Å²) >= 11 is 0. The second-order valence-corrected chi connectivity index (χ2v) is 9.46. The van der Waals surface area contributed by atoms with E-state index in [2.05, 4.69) is 23.9 Å². The summed E-state index contributed by atoms with van der Waals surface area (Å²) < 4.78 is 33.1. The van der Waals surface area contributed by atoms with Crippen molar-refractivity contribution < 1.29 is 17.9 Å². The smallest absolute Gasteiger partial charge is 0.261 e. The molecule has 0 radical (unpaired) electrons. The molecule has 0 aliphatic heterocycles. The first-order valence-electron chi connectivity index (χ1n) is 9.91. The number of nitrogens with one attached hydrogen (secondary N) is 2. The number of amides is 1. The van der Waals surface area contributed by atoms with E-state index in [1.165, 1.54) is 12.1 Å². The van der Waals surface area contributed by atoms with Crippen LogP contribution in [0.15, 0.2) is 53.4 Å². The number of ether oxygens (including phenoxy) is 1. The van der Waals surface area contributed by atoms with Crippen LogP contribution in [0.4, 0.5) is 5.69 Å². The zero-order valence-corrected chi connectivity index (χ0v) is 17.9. The quantitative estimate of drug-likeness (QED) is 0.653. The second kappa shape index (κ2) is 8.45. The minimum absolute atomic E-state index is 0.0499. The minimum atomic E-state index is -3.70. The molecule has 1 amide bonds. The highest BCUT2D eigenvalue weighted by molar-refractivity contribution is 7.92. The molecule has 156 valence electrons. The maximum atomic E-state index is 12.6. The van der Waals surface area contributed by atoms with Gasteiger partial charge in [0.25, 0.3) is 10.0 Å². The molecule has 3 rings (SSSR count). The van der Waals surface area contributed by atoms with E-state index in [-0.39, 0.29) is 10.8 Å². The Kier molecular flexibility index (Phi) is 6.17. The number of anilines is 1. The second-order valence-electron chi connectivity index (χ2n) is 7.77. The van der Waals surface area contributed by atoms with Gasteiger partial charge in [0.2, 0.25) is 5.91 Å². The lowest BCUT2D eigenvalue weighted by atomic mass is 9.94. The van der Waals surface area contributed by atoms with Crippen molar-refractivity contribution in [1.82, 2.24) is 5.32 Å². The Morgan fingerprint density at radius 3 is 2.21 bits per heavy atom. The summed E-state index contributed by atoms with van der Waals surface area (Å²) in [5, 5.41) is 3.01. The number of benzene rings is 2. The first kappa shape index (κ1) is 21.2. The molecular weight excluding hydrogens is 388 g/mol. The first-order valence-corrected chi connectivity index (χ1v) is 11.4. The van der Waals surface area contributed by atoms with Crippen molar-refractivity contribution in [3.8, 4) is 5.75 Å². The Labute approximate surface area is 172 Å². The average Bonchev–Trinajstić information content (AvgIpc) is 3.49. The van der Waals surface area contributed by atoms with Crippen molar-refractivity contribution >= 4 is 21.6 Å².